The molecule has 3 N–H and O–H groups in total. The lowest BCUT2D eigenvalue weighted by atomic mass is 10.3. The van der Waals surface area contributed by atoms with Gasteiger partial charge in [-0.3, -0.25) is 4.84 Å². The number of nitrogens with one attached hydrogen (secondary N) is 2. The number of carbonyl (C=O) groups excluding carboxylic acids is 1. The number of carboxylic acids is 1. The van der Waals surface area contributed by atoms with Crippen molar-refractivity contribution in [3.8, 4) is 0 Å². The Hall–Kier alpha value is -0.640. The van der Waals surface area contributed by atoms with Crippen LogP contribution in [0, 0.1) is 0 Å². The predicted molar refractivity (Wildman–Crippen MR) is 75.3 cm³/mol. The van der Waals surface area contributed by atoms with Crippen LogP contribution >= 0.6 is 47.8 Å². The Morgan fingerprint density at radius 3 is 2.28 bits per heavy atom. The van der Waals surface area contributed by atoms with Crippen LogP contribution in [0.15, 0.2) is 25.6 Å². The van der Waals surface area contributed by atoms with Crippen LogP contribution in [-0.4, -0.2) is 23.7 Å². The fourth-order valence-corrected chi connectivity index (χ4v) is 3.42. The number of benzene rings is 1. The lowest BCUT2D eigenvalue weighted by Gasteiger charge is -2.10. The first kappa shape index (κ1) is 15.4. The van der Waals surface area contributed by atoms with Gasteiger partial charge in [0.15, 0.2) is 6.61 Å². The Bertz CT molecular complexity index is 458. The fourth-order valence-electron chi connectivity index (χ4n) is 0.964. The third kappa shape index (κ3) is 4.92. The van der Waals surface area contributed by atoms with E-state index >= 15 is 0 Å². The summed E-state index contributed by atoms with van der Waals surface area (Å²) in [5.41, 5.74) is 2.44. The minimum absolute atomic E-state index is 0.495. The highest BCUT2D eigenvalue weighted by Crippen LogP contribution is 2.34. The van der Waals surface area contributed by atoms with Crippen LogP contribution in [0.4, 0.5) is 10.5 Å². The molecule has 2 amide bonds. The molecule has 98 valence electrons. The van der Waals surface area contributed by atoms with E-state index in [2.05, 4.69) is 57.9 Å². The number of carbonyl (C=O) groups is 2. The number of hydroxylamine groups is 1. The molecule has 0 radical (unpaired) electrons. The van der Waals surface area contributed by atoms with Crippen LogP contribution in [0.5, 0.6) is 0 Å². The van der Waals surface area contributed by atoms with Gasteiger partial charge in [0.1, 0.15) is 0 Å². The first-order valence-electron chi connectivity index (χ1n) is 4.45. The zero-order valence-electron chi connectivity index (χ0n) is 8.67. The zero-order chi connectivity index (χ0) is 13.7. The zero-order valence-corrected chi connectivity index (χ0v) is 13.4. The molecule has 0 saturated carbocycles. The van der Waals surface area contributed by atoms with Gasteiger partial charge in [0, 0.05) is 13.4 Å². The molecule has 0 aliphatic heterocycles. The molecular formula is C9H7Br3N2O4. The van der Waals surface area contributed by atoms with Crippen LogP contribution in [0.1, 0.15) is 0 Å². The maximum absolute atomic E-state index is 11.4. The summed E-state index contributed by atoms with van der Waals surface area (Å²) in [7, 11) is 0. The number of halogens is 3. The average Bonchev–Trinajstić information content (AvgIpc) is 2.22. The molecule has 0 aromatic heterocycles. The van der Waals surface area contributed by atoms with E-state index in [1.807, 2.05) is 5.48 Å². The molecule has 18 heavy (non-hydrogen) atoms. The first-order chi connectivity index (χ1) is 8.40. The van der Waals surface area contributed by atoms with Crippen LogP contribution in [0.3, 0.4) is 0 Å². The van der Waals surface area contributed by atoms with E-state index in [4.69, 9.17) is 5.11 Å². The normalized spacial score (nSPS) is 9.94. The molecule has 1 aromatic rings. The summed E-state index contributed by atoms with van der Waals surface area (Å²) >= 11 is 9.85. The van der Waals surface area contributed by atoms with E-state index in [1.54, 1.807) is 12.1 Å². The summed E-state index contributed by atoms with van der Waals surface area (Å²) in [6, 6.07) is 2.82. The van der Waals surface area contributed by atoms with Crippen molar-refractivity contribution in [3.63, 3.8) is 0 Å². The molecule has 0 spiro atoms. The quantitative estimate of drug-likeness (QED) is 0.620. The van der Waals surface area contributed by atoms with Gasteiger partial charge in [-0.25, -0.2) is 15.1 Å². The fraction of sp³-hybridized carbons (Fsp3) is 0.111. The Morgan fingerprint density at radius 1 is 1.22 bits per heavy atom. The molecule has 0 saturated heterocycles. The van der Waals surface area contributed by atoms with E-state index in [-0.39, 0.29) is 0 Å². The largest absolute Gasteiger partial charge is 0.479 e. The van der Waals surface area contributed by atoms with Crippen molar-refractivity contribution >= 4 is 65.5 Å². The highest BCUT2D eigenvalue weighted by atomic mass is 79.9. The second kappa shape index (κ2) is 7.07. The molecule has 0 fully saturated rings. The molecular weight excluding hydrogens is 440 g/mol. The maximum Gasteiger partial charge on any atom is 0.343 e. The van der Waals surface area contributed by atoms with Crippen molar-refractivity contribution in [3.05, 3.63) is 25.6 Å². The molecule has 0 atom stereocenters. The van der Waals surface area contributed by atoms with Crippen molar-refractivity contribution in [1.29, 1.82) is 0 Å². The maximum atomic E-state index is 11.4. The molecule has 0 bridgehead atoms. The van der Waals surface area contributed by atoms with Gasteiger partial charge in [0.2, 0.25) is 0 Å². The van der Waals surface area contributed by atoms with Crippen LogP contribution < -0.4 is 10.8 Å². The molecule has 6 nitrogen and oxygen atoms in total. The van der Waals surface area contributed by atoms with Crippen molar-refractivity contribution < 1.29 is 19.5 Å². The molecule has 0 aliphatic carbocycles. The third-order valence-corrected chi connectivity index (χ3v) is 3.31. The van der Waals surface area contributed by atoms with E-state index in [9.17, 15) is 9.59 Å². The summed E-state index contributed by atoms with van der Waals surface area (Å²) < 4.78 is 2.13. The van der Waals surface area contributed by atoms with Gasteiger partial charge in [-0.15, -0.1) is 0 Å². The highest BCUT2D eigenvalue weighted by Gasteiger charge is 2.10. The average molecular weight is 447 g/mol. The molecule has 0 aliphatic rings. The number of anilines is 1. The Labute approximate surface area is 127 Å². The van der Waals surface area contributed by atoms with Gasteiger partial charge in [-0.05, 0) is 44.0 Å². The predicted octanol–water partition coefficient (Wildman–Crippen LogP) is 3.11. The van der Waals surface area contributed by atoms with Crippen molar-refractivity contribution in [2.45, 2.75) is 0 Å². The van der Waals surface area contributed by atoms with Crippen LogP contribution in [-0.2, 0) is 9.63 Å². The van der Waals surface area contributed by atoms with Gasteiger partial charge in [0.25, 0.3) is 0 Å². The molecule has 1 aromatic carbocycles. The van der Waals surface area contributed by atoms with Gasteiger partial charge in [0.05, 0.1) is 5.69 Å². The van der Waals surface area contributed by atoms with Gasteiger partial charge < -0.3 is 10.4 Å². The summed E-state index contributed by atoms with van der Waals surface area (Å²) in [6.45, 7) is -0.615. The summed E-state index contributed by atoms with van der Waals surface area (Å²) in [5.74, 6) is -1.18. The number of urea groups is 1. The number of amides is 2. The van der Waals surface area contributed by atoms with Crippen LogP contribution in [0.25, 0.3) is 0 Å². The third-order valence-electron chi connectivity index (χ3n) is 1.61. The van der Waals surface area contributed by atoms with Gasteiger partial charge >= 0.3 is 12.0 Å². The van der Waals surface area contributed by atoms with E-state index in [1.165, 1.54) is 0 Å². The topological polar surface area (TPSA) is 87.7 Å². The molecule has 0 heterocycles. The lowest BCUT2D eigenvalue weighted by Crippen LogP contribution is -2.31. The molecule has 9 heteroatoms. The van der Waals surface area contributed by atoms with Crippen molar-refractivity contribution in [2.75, 3.05) is 11.9 Å². The molecule has 1 rings (SSSR count). The SMILES string of the molecule is O=C(O)CONC(=O)Nc1c(Br)cc(Br)cc1Br. The highest BCUT2D eigenvalue weighted by molar-refractivity contribution is 9.11. The minimum atomic E-state index is -1.18. The Morgan fingerprint density at radius 2 is 1.78 bits per heavy atom. The minimum Gasteiger partial charge on any atom is -0.479 e. The number of rotatable bonds is 4. The number of carboxylic acid groups (broad SMARTS) is 1. The second-order valence-corrected chi connectivity index (χ2v) is 5.61. The van der Waals surface area contributed by atoms with Crippen molar-refractivity contribution in [2.24, 2.45) is 0 Å². The standard InChI is InChI=1S/C9H7Br3N2O4/c10-4-1-5(11)8(6(12)2-4)13-9(17)14-18-3-7(15)16/h1-2H,3H2,(H,15,16)(H2,13,14,17). The first-order valence-corrected chi connectivity index (χ1v) is 6.83. The summed E-state index contributed by atoms with van der Waals surface area (Å²) in [6.07, 6.45) is 0. The lowest BCUT2D eigenvalue weighted by molar-refractivity contribution is -0.143. The molecule has 0 unspecified atom stereocenters. The van der Waals surface area contributed by atoms with E-state index in [0.29, 0.717) is 14.6 Å². The smallest absolute Gasteiger partial charge is 0.343 e. The van der Waals surface area contributed by atoms with Crippen LogP contribution in [0.2, 0.25) is 0 Å². The van der Waals surface area contributed by atoms with Gasteiger partial charge in [-0.2, -0.15) is 0 Å². The van der Waals surface area contributed by atoms with E-state index < -0.39 is 18.6 Å². The number of hydrogen-bond acceptors (Lipinski definition) is 3. The number of hydrogen-bond donors (Lipinski definition) is 3. The van der Waals surface area contributed by atoms with Gasteiger partial charge in [-0.1, -0.05) is 15.9 Å². The van der Waals surface area contributed by atoms with E-state index in [0.717, 1.165) is 4.47 Å². The second-order valence-electron chi connectivity index (χ2n) is 2.98. The summed E-state index contributed by atoms with van der Waals surface area (Å²) in [5, 5.41) is 10.8. The Balaban J connectivity index is 2.62. The summed E-state index contributed by atoms with van der Waals surface area (Å²) in [4.78, 5) is 26.0. The Kier molecular flexibility index (Phi) is 6.06. The number of aliphatic carboxylic acids is 1. The monoisotopic (exact) mass is 444 g/mol. The van der Waals surface area contributed by atoms with Crippen molar-refractivity contribution in [1.82, 2.24) is 5.48 Å².